The Hall–Kier alpha value is -3.19. The monoisotopic (exact) mass is 454 g/mol. The summed E-state index contributed by atoms with van der Waals surface area (Å²) in [6.07, 6.45) is 7.83. The molecule has 0 amide bonds. The molecule has 0 bridgehead atoms. The minimum Gasteiger partial charge on any atom is -0.466 e. The first-order chi connectivity index (χ1) is 15.5. The first kappa shape index (κ1) is 25.1. The number of hydrogen-bond donors (Lipinski definition) is 0. The van der Waals surface area contributed by atoms with Crippen molar-refractivity contribution in [3.05, 3.63) is 81.6 Å². The zero-order chi connectivity index (χ0) is 23.3. The average molecular weight is 455 g/mol. The smallest absolute Gasteiger partial charge is 0.337 e. The number of hydrogen-bond acceptors (Lipinski definition) is 6. The number of ether oxygens (including phenoxy) is 2. The highest BCUT2D eigenvalue weighted by molar-refractivity contribution is 7.09. The van der Waals surface area contributed by atoms with Crippen LogP contribution < -0.4 is 0 Å². The molecule has 0 saturated heterocycles. The molecule has 2 aromatic heterocycles. The fourth-order valence-corrected chi connectivity index (χ4v) is 3.44. The number of thiophene rings is 1. The van der Waals surface area contributed by atoms with Crippen molar-refractivity contribution >= 4 is 29.4 Å². The molecule has 0 aliphatic carbocycles. The second kappa shape index (κ2) is 13.3. The number of aryl methyl sites for hydroxylation is 2. The van der Waals surface area contributed by atoms with Crippen LogP contribution in [0.2, 0.25) is 0 Å². The molecule has 7 heteroatoms. The predicted octanol–water partition coefficient (Wildman–Crippen LogP) is 5.30. The summed E-state index contributed by atoms with van der Waals surface area (Å²) in [6, 6.07) is 11.4. The molecule has 0 aliphatic heterocycles. The quantitative estimate of drug-likeness (QED) is 0.341. The van der Waals surface area contributed by atoms with Crippen molar-refractivity contribution in [3.63, 3.8) is 0 Å². The standard InChI is InChI=1S/C20H24N2O4.C5H6S/c1-4-5-6-18-21-13-17(11-12-19(23)25-2)22(18)14-15-7-9-16(10-8-15)20(24)26-3;1-5-3-2-4-6-5/h7-13H,4-6,14H2,1-3H3;2-4H,1H3/b12-11+;. The summed E-state index contributed by atoms with van der Waals surface area (Å²) in [7, 11) is 2.71. The predicted molar refractivity (Wildman–Crippen MR) is 128 cm³/mol. The largest absolute Gasteiger partial charge is 0.466 e. The van der Waals surface area contributed by atoms with Crippen LogP contribution >= 0.6 is 11.3 Å². The summed E-state index contributed by atoms with van der Waals surface area (Å²) in [5.41, 5.74) is 2.37. The molecule has 0 N–H and O–H groups in total. The van der Waals surface area contributed by atoms with Gasteiger partial charge in [0, 0.05) is 23.9 Å². The number of carbonyl (C=O) groups excluding carboxylic acids is 2. The third-order valence-electron chi connectivity index (χ3n) is 4.69. The lowest BCUT2D eigenvalue weighted by molar-refractivity contribution is -0.134. The number of methoxy groups -OCH3 is 2. The molecule has 0 unspecified atom stereocenters. The SMILES string of the molecule is CCCCc1ncc(/C=C/C(=O)OC)n1Cc1ccc(C(=O)OC)cc1.Cc1cccs1. The van der Waals surface area contributed by atoms with Crippen molar-refractivity contribution in [2.24, 2.45) is 0 Å². The van der Waals surface area contributed by atoms with E-state index in [1.54, 1.807) is 35.7 Å². The van der Waals surface area contributed by atoms with Gasteiger partial charge in [0.2, 0.25) is 0 Å². The number of esters is 2. The van der Waals surface area contributed by atoms with Crippen molar-refractivity contribution in [3.8, 4) is 0 Å². The van der Waals surface area contributed by atoms with Crippen molar-refractivity contribution in [1.82, 2.24) is 9.55 Å². The summed E-state index contributed by atoms with van der Waals surface area (Å²) in [4.78, 5) is 28.8. The van der Waals surface area contributed by atoms with Crippen LogP contribution in [0.5, 0.6) is 0 Å². The van der Waals surface area contributed by atoms with Crippen molar-refractivity contribution in [2.45, 2.75) is 39.7 Å². The molecule has 1 aromatic carbocycles. The van der Waals surface area contributed by atoms with Gasteiger partial charge in [-0.05, 0) is 48.6 Å². The maximum absolute atomic E-state index is 11.6. The number of unbranched alkanes of at least 4 members (excludes halogenated alkanes) is 1. The van der Waals surface area contributed by atoms with Crippen LogP contribution in [0, 0.1) is 6.92 Å². The fourth-order valence-electron chi connectivity index (χ4n) is 2.91. The lowest BCUT2D eigenvalue weighted by Crippen LogP contribution is -2.08. The highest BCUT2D eigenvalue weighted by Crippen LogP contribution is 2.15. The maximum atomic E-state index is 11.6. The van der Waals surface area contributed by atoms with Crippen LogP contribution in [0.4, 0.5) is 0 Å². The summed E-state index contributed by atoms with van der Waals surface area (Å²) in [5.74, 6) is 0.202. The summed E-state index contributed by atoms with van der Waals surface area (Å²) in [6.45, 7) is 4.84. The van der Waals surface area contributed by atoms with Crippen molar-refractivity contribution in [2.75, 3.05) is 14.2 Å². The summed E-state index contributed by atoms with van der Waals surface area (Å²) in [5, 5.41) is 2.08. The Morgan fingerprint density at radius 3 is 2.41 bits per heavy atom. The van der Waals surface area contributed by atoms with Gasteiger partial charge >= 0.3 is 11.9 Å². The Morgan fingerprint density at radius 1 is 1.12 bits per heavy atom. The lowest BCUT2D eigenvalue weighted by Gasteiger charge is -2.11. The van der Waals surface area contributed by atoms with Gasteiger partial charge in [-0.25, -0.2) is 14.6 Å². The van der Waals surface area contributed by atoms with Crippen LogP contribution in [-0.4, -0.2) is 35.7 Å². The molecule has 3 aromatic rings. The Labute approximate surface area is 193 Å². The van der Waals surface area contributed by atoms with E-state index in [2.05, 4.69) is 45.6 Å². The van der Waals surface area contributed by atoms with Crippen LogP contribution in [0.3, 0.4) is 0 Å². The number of nitrogens with zero attached hydrogens (tertiary/aromatic N) is 2. The average Bonchev–Trinajstić information content (AvgIpc) is 3.45. The van der Waals surface area contributed by atoms with Crippen molar-refractivity contribution < 1.29 is 19.1 Å². The van der Waals surface area contributed by atoms with E-state index < -0.39 is 5.97 Å². The number of benzene rings is 1. The fraction of sp³-hybridized carbons (Fsp3) is 0.320. The third kappa shape index (κ3) is 7.81. The molecule has 0 fully saturated rings. The number of aromatic nitrogens is 2. The Balaban J connectivity index is 0.000000520. The van der Waals surface area contributed by atoms with Crippen LogP contribution in [-0.2, 0) is 27.2 Å². The minimum atomic E-state index is -0.407. The molecule has 170 valence electrons. The normalized spacial score (nSPS) is 10.5. The van der Waals surface area contributed by atoms with Gasteiger partial charge in [-0.15, -0.1) is 11.3 Å². The molecule has 6 nitrogen and oxygen atoms in total. The highest BCUT2D eigenvalue weighted by atomic mass is 32.1. The van der Waals surface area contributed by atoms with E-state index >= 15 is 0 Å². The zero-order valence-electron chi connectivity index (χ0n) is 19.0. The molecule has 3 rings (SSSR count). The van der Waals surface area contributed by atoms with Gasteiger partial charge in [0.25, 0.3) is 0 Å². The third-order valence-corrected chi connectivity index (χ3v) is 5.49. The molecule has 0 atom stereocenters. The van der Waals surface area contributed by atoms with E-state index in [4.69, 9.17) is 4.74 Å². The van der Waals surface area contributed by atoms with E-state index in [0.717, 1.165) is 36.3 Å². The zero-order valence-corrected chi connectivity index (χ0v) is 19.9. The first-order valence-electron chi connectivity index (χ1n) is 10.5. The van der Waals surface area contributed by atoms with Gasteiger partial charge in [-0.2, -0.15) is 0 Å². The van der Waals surface area contributed by atoms with Gasteiger partial charge in [0.15, 0.2) is 0 Å². The van der Waals surface area contributed by atoms with Crippen LogP contribution in [0.25, 0.3) is 6.08 Å². The van der Waals surface area contributed by atoms with E-state index in [-0.39, 0.29) is 5.97 Å². The molecular weight excluding hydrogens is 424 g/mol. The van der Waals surface area contributed by atoms with Gasteiger partial charge in [0.1, 0.15) is 5.82 Å². The van der Waals surface area contributed by atoms with E-state index in [1.165, 1.54) is 25.2 Å². The van der Waals surface area contributed by atoms with Gasteiger partial charge in [-0.3, -0.25) is 0 Å². The minimum absolute atomic E-state index is 0.357. The second-order valence-electron chi connectivity index (χ2n) is 7.06. The number of rotatable bonds is 8. The Bertz CT molecular complexity index is 1010. The maximum Gasteiger partial charge on any atom is 0.337 e. The molecule has 0 radical (unpaired) electrons. The second-order valence-corrected chi connectivity index (χ2v) is 8.21. The molecular formula is C25H30N2O4S. The number of imidazole rings is 1. The molecule has 0 saturated carbocycles. The van der Waals surface area contributed by atoms with E-state index in [0.29, 0.717) is 12.1 Å². The summed E-state index contributed by atoms with van der Waals surface area (Å²) < 4.78 is 11.4. The first-order valence-corrected chi connectivity index (χ1v) is 11.3. The van der Waals surface area contributed by atoms with E-state index in [9.17, 15) is 9.59 Å². The van der Waals surface area contributed by atoms with Crippen LogP contribution in [0.1, 0.15) is 52.1 Å². The van der Waals surface area contributed by atoms with Gasteiger partial charge in [0.05, 0.1) is 31.7 Å². The Morgan fingerprint density at radius 2 is 1.88 bits per heavy atom. The lowest BCUT2D eigenvalue weighted by atomic mass is 10.1. The van der Waals surface area contributed by atoms with Gasteiger partial charge < -0.3 is 14.0 Å². The topological polar surface area (TPSA) is 70.4 Å². The van der Waals surface area contributed by atoms with Crippen molar-refractivity contribution in [1.29, 1.82) is 0 Å². The van der Waals surface area contributed by atoms with E-state index in [1.807, 2.05) is 12.1 Å². The summed E-state index contributed by atoms with van der Waals surface area (Å²) >= 11 is 1.78. The number of carbonyl (C=O) groups is 2. The molecule has 0 aliphatic rings. The van der Waals surface area contributed by atoms with Gasteiger partial charge in [-0.1, -0.05) is 31.5 Å². The Kier molecular flexibility index (Phi) is 10.4. The van der Waals surface area contributed by atoms with Crippen LogP contribution in [0.15, 0.2) is 54.1 Å². The molecule has 0 spiro atoms. The highest BCUT2D eigenvalue weighted by Gasteiger charge is 2.10. The molecule has 2 heterocycles. The molecule has 32 heavy (non-hydrogen) atoms.